The SMILES string of the molecule is O=C(COc1cccc(F)c1)N/N=C1/C[C@@H]2C=CC[C@@H]12. The summed E-state index contributed by atoms with van der Waals surface area (Å²) in [7, 11) is 0. The van der Waals surface area contributed by atoms with E-state index >= 15 is 0 Å². The molecule has 3 rings (SSSR count). The van der Waals surface area contributed by atoms with Gasteiger partial charge in [0.05, 0.1) is 0 Å². The standard InChI is InChI=1S/C15H15FN2O2/c16-11-4-2-5-12(8-11)20-9-15(19)18-17-14-7-10-3-1-6-13(10)14/h1-5,8,10,13H,6-7,9H2,(H,18,19)/b17-14-/t10-,13+/m0/s1. The van der Waals surface area contributed by atoms with E-state index in [0.29, 0.717) is 17.6 Å². The lowest BCUT2D eigenvalue weighted by molar-refractivity contribution is -0.123. The molecule has 2 atom stereocenters. The molecule has 0 spiro atoms. The van der Waals surface area contributed by atoms with Crippen LogP contribution in [0.1, 0.15) is 12.8 Å². The van der Waals surface area contributed by atoms with Crippen molar-refractivity contribution in [2.45, 2.75) is 12.8 Å². The van der Waals surface area contributed by atoms with Gasteiger partial charge in [-0.15, -0.1) is 0 Å². The molecular weight excluding hydrogens is 259 g/mol. The number of nitrogens with zero attached hydrogens (tertiary/aromatic N) is 1. The topological polar surface area (TPSA) is 50.7 Å². The molecule has 0 aromatic heterocycles. The lowest BCUT2D eigenvalue weighted by Gasteiger charge is -2.31. The van der Waals surface area contributed by atoms with E-state index in [1.165, 1.54) is 18.2 Å². The number of ether oxygens (including phenoxy) is 1. The molecule has 1 saturated carbocycles. The number of rotatable bonds is 4. The molecule has 2 aliphatic carbocycles. The smallest absolute Gasteiger partial charge is 0.277 e. The summed E-state index contributed by atoms with van der Waals surface area (Å²) in [6, 6.07) is 5.69. The van der Waals surface area contributed by atoms with Crippen LogP contribution in [0.5, 0.6) is 5.75 Å². The van der Waals surface area contributed by atoms with Crippen molar-refractivity contribution in [3.8, 4) is 5.75 Å². The van der Waals surface area contributed by atoms with Crippen LogP contribution in [0.2, 0.25) is 0 Å². The van der Waals surface area contributed by atoms with Crippen molar-refractivity contribution in [2.75, 3.05) is 6.61 Å². The average Bonchev–Trinajstić information content (AvgIpc) is 2.78. The first-order valence-electron chi connectivity index (χ1n) is 6.63. The predicted octanol–water partition coefficient (Wildman–Crippen LogP) is 2.27. The summed E-state index contributed by atoms with van der Waals surface area (Å²) in [5.74, 6) is 0.679. The van der Waals surface area contributed by atoms with Crippen LogP contribution in [0.15, 0.2) is 41.5 Å². The van der Waals surface area contributed by atoms with Gasteiger partial charge in [-0.2, -0.15) is 5.10 Å². The van der Waals surface area contributed by atoms with Crippen LogP contribution in [0.4, 0.5) is 4.39 Å². The van der Waals surface area contributed by atoms with E-state index in [-0.39, 0.29) is 12.5 Å². The van der Waals surface area contributed by atoms with Crippen molar-refractivity contribution in [3.63, 3.8) is 0 Å². The van der Waals surface area contributed by atoms with E-state index in [1.54, 1.807) is 6.07 Å². The Morgan fingerprint density at radius 2 is 2.40 bits per heavy atom. The summed E-state index contributed by atoms with van der Waals surface area (Å²) in [6.07, 6.45) is 6.30. The summed E-state index contributed by atoms with van der Waals surface area (Å²) in [5.41, 5.74) is 3.53. The van der Waals surface area contributed by atoms with Gasteiger partial charge in [0.2, 0.25) is 0 Å². The lowest BCUT2D eigenvalue weighted by atomic mass is 9.74. The number of carbonyl (C=O) groups is 1. The second-order valence-corrected chi connectivity index (χ2v) is 5.02. The van der Waals surface area contributed by atoms with E-state index < -0.39 is 5.82 Å². The van der Waals surface area contributed by atoms with Crippen LogP contribution in [0.3, 0.4) is 0 Å². The summed E-state index contributed by atoms with van der Waals surface area (Å²) in [6.45, 7) is -0.174. The first kappa shape index (κ1) is 12.8. The summed E-state index contributed by atoms with van der Waals surface area (Å²) in [5, 5.41) is 4.12. The molecule has 1 aromatic carbocycles. The average molecular weight is 274 g/mol. The first-order valence-corrected chi connectivity index (χ1v) is 6.63. The highest BCUT2D eigenvalue weighted by Crippen LogP contribution is 2.39. The minimum atomic E-state index is -0.391. The number of hydrogen-bond acceptors (Lipinski definition) is 3. The molecule has 2 aliphatic rings. The molecule has 0 radical (unpaired) electrons. The van der Waals surface area contributed by atoms with Gasteiger partial charge < -0.3 is 4.74 Å². The van der Waals surface area contributed by atoms with Gasteiger partial charge in [-0.3, -0.25) is 4.79 Å². The maximum absolute atomic E-state index is 12.9. The first-order chi connectivity index (χ1) is 9.72. The number of allylic oxidation sites excluding steroid dienone is 2. The maximum Gasteiger partial charge on any atom is 0.277 e. The van der Waals surface area contributed by atoms with Crippen molar-refractivity contribution in [1.29, 1.82) is 0 Å². The minimum absolute atomic E-state index is 0.174. The third-order valence-corrected chi connectivity index (χ3v) is 3.65. The Morgan fingerprint density at radius 1 is 1.50 bits per heavy atom. The van der Waals surface area contributed by atoms with Crippen molar-refractivity contribution >= 4 is 11.6 Å². The van der Waals surface area contributed by atoms with Crippen molar-refractivity contribution < 1.29 is 13.9 Å². The Kier molecular flexibility index (Phi) is 3.50. The van der Waals surface area contributed by atoms with Gasteiger partial charge in [0, 0.05) is 17.7 Å². The van der Waals surface area contributed by atoms with Crippen molar-refractivity contribution in [3.05, 3.63) is 42.2 Å². The molecular formula is C15H15FN2O2. The van der Waals surface area contributed by atoms with Crippen LogP contribution < -0.4 is 10.2 Å². The van der Waals surface area contributed by atoms with E-state index in [4.69, 9.17) is 4.74 Å². The van der Waals surface area contributed by atoms with E-state index in [9.17, 15) is 9.18 Å². The van der Waals surface area contributed by atoms with Gasteiger partial charge in [-0.25, -0.2) is 9.82 Å². The monoisotopic (exact) mass is 274 g/mol. The van der Waals surface area contributed by atoms with Crippen LogP contribution in [0, 0.1) is 17.7 Å². The number of hydrogen-bond donors (Lipinski definition) is 1. The van der Waals surface area contributed by atoms with Gasteiger partial charge in [-0.05, 0) is 30.9 Å². The van der Waals surface area contributed by atoms with Crippen LogP contribution in [0.25, 0.3) is 0 Å². The van der Waals surface area contributed by atoms with Gasteiger partial charge in [0.15, 0.2) is 6.61 Å². The quantitative estimate of drug-likeness (QED) is 0.676. The Morgan fingerprint density at radius 3 is 3.20 bits per heavy atom. The van der Waals surface area contributed by atoms with Gasteiger partial charge in [0.1, 0.15) is 11.6 Å². The van der Waals surface area contributed by atoms with Crippen molar-refractivity contribution in [2.24, 2.45) is 16.9 Å². The number of hydrazone groups is 1. The number of amides is 1. The summed E-state index contributed by atoms with van der Waals surface area (Å²) in [4.78, 5) is 11.6. The third-order valence-electron chi connectivity index (χ3n) is 3.65. The molecule has 20 heavy (non-hydrogen) atoms. The zero-order valence-corrected chi connectivity index (χ0v) is 10.9. The highest BCUT2D eigenvalue weighted by Gasteiger charge is 2.37. The number of benzene rings is 1. The second kappa shape index (κ2) is 5.45. The molecule has 1 N–H and O–H groups in total. The second-order valence-electron chi connectivity index (χ2n) is 5.02. The molecule has 0 unspecified atom stereocenters. The van der Waals surface area contributed by atoms with Crippen LogP contribution in [-0.2, 0) is 4.79 Å². The molecule has 0 aliphatic heterocycles. The minimum Gasteiger partial charge on any atom is -0.484 e. The van der Waals surface area contributed by atoms with Crippen LogP contribution >= 0.6 is 0 Å². The predicted molar refractivity (Wildman–Crippen MR) is 72.8 cm³/mol. The highest BCUT2D eigenvalue weighted by atomic mass is 19.1. The molecule has 0 saturated heterocycles. The Labute approximate surface area is 116 Å². The fourth-order valence-electron chi connectivity index (χ4n) is 2.54. The Balaban J connectivity index is 1.45. The van der Waals surface area contributed by atoms with Gasteiger partial charge in [-0.1, -0.05) is 18.2 Å². The Hall–Kier alpha value is -2.17. The third kappa shape index (κ3) is 2.71. The number of nitrogens with one attached hydrogen (secondary N) is 1. The van der Waals surface area contributed by atoms with Crippen molar-refractivity contribution in [1.82, 2.24) is 5.43 Å². The molecule has 5 heteroatoms. The van der Waals surface area contributed by atoms with Gasteiger partial charge >= 0.3 is 0 Å². The molecule has 1 amide bonds. The largest absolute Gasteiger partial charge is 0.484 e. The molecule has 0 heterocycles. The summed E-state index contributed by atoms with van der Waals surface area (Å²) >= 11 is 0. The molecule has 4 nitrogen and oxygen atoms in total. The number of carbonyl (C=O) groups excluding carboxylic acids is 1. The lowest BCUT2D eigenvalue weighted by Crippen LogP contribution is -2.36. The fourth-order valence-corrected chi connectivity index (χ4v) is 2.54. The molecule has 104 valence electrons. The van der Waals surface area contributed by atoms with Gasteiger partial charge in [0.25, 0.3) is 5.91 Å². The van der Waals surface area contributed by atoms with E-state index in [1.807, 2.05) is 0 Å². The molecule has 1 aromatic rings. The normalized spacial score (nSPS) is 25.1. The zero-order valence-electron chi connectivity index (χ0n) is 10.9. The molecule has 0 bridgehead atoms. The van der Waals surface area contributed by atoms with E-state index in [2.05, 4.69) is 22.7 Å². The highest BCUT2D eigenvalue weighted by molar-refractivity contribution is 5.94. The Bertz CT molecular complexity index is 583. The maximum atomic E-state index is 12.9. The summed E-state index contributed by atoms with van der Waals surface area (Å²) < 4.78 is 18.1. The number of fused-ring (bicyclic) bond motifs is 1. The van der Waals surface area contributed by atoms with Crippen LogP contribution in [-0.4, -0.2) is 18.2 Å². The zero-order chi connectivity index (χ0) is 13.9. The van der Waals surface area contributed by atoms with E-state index in [0.717, 1.165) is 18.6 Å². The number of halogens is 1. The molecule has 1 fully saturated rings. The fraction of sp³-hybridized carbons (Fsp3) is 0.333.